The summed E-state index contributed by atoms with van der Waals surface area (Å²) in [7, 11) is 0. The number of primary amides is 1. The lowest BCUT2D eigenvalue weighted by molar-refractivity contribution is 0.0372. The molecule has 0 radical (unpaired) electrons. The molecule has 2 aromatic rings. The molecule has 2 aromatic heterocycles. The van der Waals surface area contributed by atoms with Crippen LogP contribution in [0.5, 0.6) is 0 Å². The smallest absolute Gasteiger partial charge is 0.268 e. The fourth-order valence-corrected chi connectivity index (χ4v) is 2.32. The number of carbonyl (C=O) groups excluding carboxylic acids is 1. The van der Waals surface area contributed by atoms with Crippen molar-refractivity contribution in [1.29, 1.82) is 0 Å². The van der Waals surface area contributed by atoms with Gasteiger partial charge in [-0.25, -0.2) is 9.97 Å². The van der Waals surface area contributed by atoms with Crippen LogP contribution in [0.1, 0.15) is 16.2 Å². The van der Waals surface area contributed by atoms with E-state index in [4.69, 9.17) is 10.5 Å². The topological polar surface area (TPSA) is 140 Å². The van der Waals surface area contributed by atoms with E-state index in [1.54, 1.807) is 0 Å². The number of anilines is 3. The highest BCUT2D eigenvalue weighted by Gasteiger charge is 2.14. The molecule has 10 heteroatoms. The van der Waals surface area contributed by atoms with E-state index in [2.05, 4.69) is 36.1 Å². The van der Waals surface area contributed by atoms with Crippen molar-refractivity contribution >= 4 is 23.2 Å². The van der Waals surface area contributed by atoms with E-state index in [-0.39, 0.29) is 11.8 Å². The summed E-state index contributed by atoms with van der Waals surface area (Å²) in [4.78, 5) is 19.0. The monoisotopic (exact) mass is 344 g/mol. The summed E-state index contributed by atoms with van der Waals surface area (Å²) >= 11 is 0. The van der Waals surface area contributed by atoms with Crippen LogP contribution in [-0.2, 0) is 4.74 Å². The molecule has 0 bridgehead atoms. The van der Waals surface area contributed by atoms with Crippen molar-refractivity contribution in [2.45, 2.75) is 13.0 Å². The van der Waals surface area contributed by atoms with E-state index in [0.717, 1.165) is 24.5 Å². The molecular weight excluding hydrogens is 324 g/mol. The lowest BCUT2D eigenvalue weighted by Crippen LogP contribution is -2.42. The number of ether oxygens (including phenoxy) is 1. The van der Waals surface area contributed by atoms with Crippen LogP contribution in [0.3, 0.4) is 0 Å². The number of aromatic nitrogens is 4. The maximum Gasteiger partial charge on any atom is 0.268 e. The van der Waals surface area contributed by atoms with Crippen molar-refractivity contribution in [2.75, 3.05) is 36.9 Å². The van der Waals surface area contributed by atoms with Gasteiger partial charge in [-0.3, -0.25) is 4.79 Å². The van der Waals surface area contributed by atoms with Crippen LogP contribution in [0, 0.1) is 6.92 Å². The minimum atomic E-state index is -0.625. The Hall–Kier alpha value is -2.85. The molecule has 1 aliphatic heterocycles. The van der Waals surface area contributed by atoms with E-state index in [1.807, 2.05) is 13.0 Å². The minimum absolute atomic E-state index is 0.101. The predicted octanol–water partition coefficient (Wildman–Crippen LogP) is -0.182. The second-order valence-corrected chi connectivity index (χ2v) is 5.58. The van der Waals surface area contributed by atoms with E-state index in [1.165, 1.54) is 12.4 Å². The first-order valence-electron chi connectivity index (χ1n) is 7.91. The number of morpholine rings is 1. The zero-order valence-electron chi connectivity index (χ0n) is 13.8. The number of nitrogens with one attached hydrogen (secondary N) is 3. The molecule has 1 fully saturated rings. The van der Waals surface area contributed by atoms with Gasteiger partial charge < -0.3 is 26.4 Å². The van der Waals surface area contributed by atoms with Gasteiger partial charge >= 0.3 is 0 Å². The average molecular weight is 344 g/mol. The molecule has 25 heavy (non-hydrogen) atoms. The van der Waals surface area contributed by atoms with Crippen LogP contribution in [0.4, 0.5) is 17.3 Å². The zero-order chi connectivity index (χ0) is 17.6. The Labute approximate surface area is 144 Å². The van der Waals surface area contributed by atoms with Gasteiger partial charge in [-0.15, -0.1) is 5.10 Å². The Kier molecular flexibility index (Phi) is 5.31. The van der Waals surface area contributed by atoms with E-state index in [9.17, 15) is 4.79 Å². The van der Waals surface area contributed by atoms with E-state index < -0.39 is 5.91 Å². The van der Waals surface area contributed by atoms with Crippen molar-refractivity contribution in [1.82, 2.24) is 25.5 Å². The molecule has 1 saturated heterocycles. The summed E-state index contributed by atoms with van der Waals surface area (Å²) in [5.41, 5.74) is 6.88. The molecule has 1 amide bonds. The van der Waals surface area contributed by atoms with Crippen molar-refractivity contribution in [3.8, 4) is 0 Å². The molecule has 1 atom stereocenters. The van der Waals surface area contributed by atoms with Crippen LogP contribution >= 0.6 is 0 Å². The fourth-order valence-electron chi connectivity index (χ4n) is 2.32. The molecule has 1 aliphatic rings. The molecule has 0 aliphatic carbocycles. The van der Waals surface area contributed by atoms with Crippen molar-refractivity contribution in [3.63, 3.8) is 0 Å². The van der Waals surface area contributed by atoms with E-state index >= 15 is 0 Å². The Morgan fingerprint density at radius 2 is 2.24 bits per heavy atom. The SMILES string of the molecule is Cc1nnc(Nc2cnc(C(N)=O)cn2)cc1NC[C@@H]1CNCCO1. The Balaban J connectivity index is 1.64. The van der Waals surface area contributed by atoms with Crippen molar-refractivity contribution in [3.05, 3.63) is 29.8 Å². The van der Waals surface area contributed by atoms with Crippen LogP contribution in [0.2, 0.25) is 0 Å². The maximum atomic E-state index is 11.0. The van der Waals surface area contributed by atoms with Gasteiger partial charge in [0.05, 0.1) is 36.5 Å². The quantitative estimate of drug-likeness (QED) is 0.561. The van der Waals surface area contributed by atoms with Crippen LogP contribution < -0.4 is 21.7 Å². The molecule has 0 unspecified atom stereocenters. The number of amides is 1. The number of nitrogens with zero attached hydrogens (tertiary/aromatic N) is 4. The third-order valence-electron chi connectivity index (χ3n) is 3.66. The Bertz CT molecular complexity index is 731. The van der Waals surface area contributed by atoms with Gasteiger partial charge in [-0.05, 0) is 6.92 Å². The number of hydrogen-bond donors (Lipinski definition) is 4. The van der Waals surface area contributed by atoms with Gasteiger partial charge in [0, 0.05) is 25.7 Å². The molecule has 10 nitrogen and oxygen atoms in total. The Morgan fingerprint density at radius 3 is 2.92 bits per heavy atom. The summed E-state index contributed by atoms with van der Waals surface area (Å²) in [5.74, 6) is 0.325. The summed E-state index contributed by atoms with van der Waals surface area (Å²) in [6.07, 6.45) is 2.83. The first kappa shape index (κ1) is 17.0. The normalized spacial score (nSPS) is 17.1. The lowest BCUT2D eigenvalue weighted by atomic mass is 10.2. The maximum absolute atomic E-state index is 11.0. The number of hydrogen-bond acceptors (Lipinski definition) is 9. The Morgan fingerprint density at radius 1 is 1.36 bits per heavy atom. The summed E-state index contributed by atoms with van der Waals surface area (Å²) in [6.45, 7) is 4.97. The number of nitrogens with two attached hydrogens (primary N) is 1. The van der Waals surface area contributed by atoms with Gasteiger partial charge in [0.2, 0.25) is 0 Å². The molecule has 0 saturated carbocycles. The molecule has 3 rings (SSSR count). The third-order valence-corrected chi connectivity index (χ3v) is 3.66. The highest BCUT2D eigenvalue weighted by Crippen LogP contribution is 2.18. The highest BCUT2D eigenvalue weighted by molar-refractivity contribution is 5.90. The van der Waals surface area contributed by atoms with Crippen LogP contribution in [0.15, 0.2) is 18.5 Å². The van der Waals surface area contributed by atoms with Gasteiger partial charge in [-0.1, -0.05) is 0 Å². The second-order valence-electron chi connectivity index (χ2n) is 5.58. The molecule has 5 N–H and O–H groups in total. The molecule has 3 heterocycles. The molecule has 0 spiro atoms. The summed E-state index contributed by atoms with van der Waals surface area (Å²) in [5, 5.41) is 17.8. The van der Waals surface area contributed by atoms with Crippen LogP contribution in [0.25, 0.3) is 0 Å². The fraction of sp³-hybridized carbons (Fsp3) is 0.400. The number of rotatable bonds is 6. The standard InChI is InChI=1S/C15H20N8O2/c1-9-11(18-6-10-5-17-2-3-25-10)4-13(23-22-9)21-14-8-19-12(7-20-14)15(16)24/h4,7-8,10,17H,2-3,5-6H2,1H3,(H2,16,24)(H2,18,20,21,23)/t10-/m0/s1. The van der Waals surface area contributed by atoms with Gasteiger partial charge in [0.1, 0.15) is 11.5 Å². The molecule has 132 valence electrons. The average Bonchev–Trinajstić information content (AvgIpc) is 2.63. The number of aryl methyl sites for hydroxylation is 1. The van der Waals surface area contributed by atoms with Crippen LogP contribution in [-0.4, -0.2) is 58.4 Å². The minimum Gasteiger partial charge on any atom is -0.381 e. The van der Waals surface area contributed by atoms with Gasteiger partial charge in [-0.2, -0.15) is 5.10 Å². The lowest BCUT2D eigenvalue weighted by Gasteiger charge is -2.24. The predicted molar refractivity (Wildman–Crippen MR) is 91.7 cm³/mol. The summed E-state index contributed by atoms with van der Waals surface area (Å²) < 4.78 is 5.66. The largest absolute Gasteiger partial charge is 0.381 e. The molecule has 0 aromatic carbocycles. The first-order valence-corrected chi connectivity index (χ1v) is 7.91. The van der Waals surface area contributed by atoms with Crippen molar-refractivity contribution in [2.24, 2.45) is 5.73 Å². The third kappa shape index (κ3) is 4.58. The van der Waals surface area contributed by atoms with Gasteiger partial charge in [0.25, 0.3) is 5.91 Å². The zero-order valence-corrected chi connectivity index (χ0v) is 13.8. The summed E-state index contributed by atoms with van der Waals surface area (Å²) in [6, 6.07) is 1.84. The second kappa shape index (κ2) is 7.81. The number of carbonyl (C=O) groups is 1. The first-order chi connectivity index (χ1) is 12.1. The van der Waals surface area contributed by atoms with E-state index in [0.29, 0.717) is 24.8 Å². The highest BCUT2D eigenvalue weighted by atomic mass is 16.5. The van der Waals surface area contributed by atoms with Gasteiger partial charge in [0.15, 0.2) is 5.82 Å². The molecular formula is C15H20N8O2. The van der Waals surface area contributed by atoms with Crippen molar-refractivity contribution < 1.29 is 9.53 Å².